The molecule has 1 unspecified atom stereocenters. The van der Waals surface area contributed by atoms with Gasteiger partial charge in [0.1, 0.15) is 11.3 Å². The molecule has 6 nitrogen and oxygen atoms in total. The van der Waals surface area contributed by atoms with Crippen LogP contribution in [0.2, 0.25) is 0 Å². The van der Waals surface area contributed by atoms with E-state index in [4.69, 9.17) is 5.73 Å². The summed E-state index contributed by atoms with van der Waals surface area (Å²) in [6, 6.07) is 1.08. The van der Waals surface area contributed by atoms with E-state index >= 15 is 4.39 Å². The minimum atomic E-state index is -1.41. The Kier molecular flexibility index (Phi) is 4.66. The Bertz CT molecular complexity index is 959. The highest BCUT2D eigenvalue weighted by atomic mass is 35.5. The summed E-state index contributed by atoms with van der Waals surface area (Å²) in [5.74, 6) is -3.14. The molecule has 2 aliphatic rings. The van der Waals surface area contributed by atoms with E-state index in [1.807, 2.05) is 0 Å². The van der Waals surface area contributed by atoms with E-state index in [0.717, 1.165) is 23.4 Å². The fraction of sp³-hybridized carbons (Fsp3) is 0.412. The van der Waals surface area contributed by atoms with Crippen LogP contribution in [0, 0.1) is 11.6 Å². The molecule has 2 aromatic rings. The molecule has 3 N–H and O–H groups in total. The molecule has 0 bridgehead atoms. The first-order valence-corrected chi connectivity index (χ1v) is 8.19. The van der Waals surface area contributed by atoms with Crippen molar-refractivity contribution in [2.75, 3.05) is 18.0 Å². The molecule has 0 aromatic carbocycles. The minimum Gasteiger partial charge on any atom is -0.477 e. The van der Waals surface area contributed by atoms with Crippen LogP contribution in [0.5, 0.6) is 0 Å². The molecule has 9 heteroatoms. The number of nitrogens with two attached hydrogens (primary N) is 1. The van der Waals surface area contributed by atoms with Crippen molar-refractivity contribution in [1.82, 2.24) is 4.40 Å². The second kappa shape index (κ2) is 6.51. The number of hydrogen-bond acceptors (Lipinski definition) is 4. The number of pyridine rings is 2. The first kappa shape index (κ1) is 18.6. The smallest absolute Gasteiger partial charge is 0.341 e. The summed E-state index contributed by atoms with van der Waals surface area (Å²) in [5, 5.41) is 9.22. The molecule has 2 aromatic heterocycles. The Morgan fingerprint density at radius 2 is 1.96 bits per heavy atom. The van der Waals surface area contributed by atoms with Gasteiger partial charge in [-0.15, -0.1) is 12.4 Å². The summed E-state index contributed by atoms with van der Waals surface area (Å²) in [4.78, 5) is 25.2. The SMILES string of the molecule is Cl.NC1CCN(c2c(F)cn3c(=O)c(C(=O)O)cc(C4CC4)c3c2F)C1. The van der Waals surface area contributed by atoms with Gasteiger partial charge in [-0.25, -0.2) is 13.6 Å². The number of rotatable bonds is 3. The summed E-state index contributed by atoms with van der Waals surface area (Å²) in [6.07, 6.45) is 3.09. The first-order valence-electron chi connectivity index (χ1n) is 8.19. The van der Waals surface area contributed by atoms with Gasteiger partial charge in [-0.05, 0) is 36.8 Å². The quantitative estimate of drug-likeness (QED) is 0.844. The number of aromatic carboxylic acids is 1. The lowest BCUT2D eigenvalue weighted by molar-refractivity contribution is 0.0694. The van der Waals surface area contributed by atoms with Gasteiger partial charge in [0.15, 0.2) is 11.6 Å². The number of aromatic nitrogens is 1. The van der Waals surface area contributed by atoms with Gasteiger partial charge < -0.3 is 15.7 Å². The number of nitrogens with zero attached hydrogens (tertiary/aromatic N) is 2. The predicted octanol–water partition coefficient (Wildman–Crippen LogP) is 2.11. The zero-order valence-electron chi connectivity index (χ0n) is 13.7. The van der Waals surface area contributed by atoms with Crippen LogP contribution in [0.15, 0.2) is 17.1 Å². The Morgan fingerprint density at radius 1 is 1.27 bits per heavy atom. The maximum Gasteiger partial charge on any atom is 0.341 e. The van der Waals surface area contributed by atoms with Gasteiger partial charge in [-0.3, -0.25) is 9.20 Å². The summed E-state index contributed by atoms with van der Waals surface area (Å²) in [5.41, 5.74) is 4.63. The van der Waals surface area contributed by atoms with Crippen molar-refractivity contribution in [3.05, 3.63) is 45.4 Å². The molecule has 0 radical (unpaired) electrons. The normalized spacial score (nSPS) is 19.7. The zero-order chi connectivity index (χ0) is 17.9. The van der Waals surface area contributed by atoms with Crippen molar-refractivity contribution in [1.29, 1.82) is 0 Å². The molecule has 140 valence electrons. The van der Waals surface area contributed by atoms with Crippen molar-refractivity contribution in [2.24, 2.45) is 5.73 Å². The Balaban J connectivity index is 0.00000196. The Hall–Kier alpha value is -2.19. The monoisotopic (exact) mass is 385 g/mol. The van der Waals surface area contributed by atoms with E-state index in [-0.39, 0.29) is 35.6 Å². The van der Waals surface area contributed by atoms with Crippen molar-refractivity contribution >= 4 is 29.6 Å². The largest absolute Gasteiger partial charge is 0.477 e. The second-order valence-electron chi connectivity index (χ2n) is 6.75. The Morgan fingerprint density at radius 3 is 2.50 bits per heavy atom. The molecule has 1 atom stereocenters. The number of fused-ring (bicyclic) bond motifs is 1. The first-order chi connectivity index (χ1) is 11.9. The van der Waals surface area contributed by atoms with Gasteiger partial charge in [-0.1, -0.05) is 0 Å². The van der Waals surface area contributed by atoms with Crippen LogP contribution in [0.3, 0.4) is 0 Å². The van der Waals surface area contributed by atoms with Crippen molar-refractivity contribution in [3.63, 3.8) is 0 Å². The second-order valence-corrected chi connectivity index (χ2v) is 6.75. The van der Waals surface area contributed by atoms with Crippen molar-refractivity contribution in [2.45, 2.75) is 31.2 Å². The lowest BCUT2D eigenvalue weighted by atomic mass is 10.1. The van der Waals surface area contributed by atoms with Crippen LogP contribution in [-0.4, -0.2) is 34.6 Å². The maximum atomic E-state index is 15.2. The van der Waals surface area contributed by atoms with E-state index in [9.17, 15) is 19.1 Å². The van der Waals surface area contributed by atoms with Crippen LogP contribution in [0.4, 0.5) is 14.5 Å². The number of carboxylic acids is 1. The maximum absolute atomic E-state index is 15.2. The number of carboxylic acid groups (broad SMARTS) is 1. The molecule has 3 heterocycles. The van der Waals surface area contributed by atoms with Gasteiger partial charge in [0.25, 0.3) is 5.56 Å². The van der Waals surface area contributed by atoms with E-state index in [1.54, 1.807) is 4.90 Å². The number of halogens is 3. The third-order valence-corrected chi connectivity index (χ3v) is 4.94. The number of hydrogen-bond donors (Lipinski definition) is 2. The van der Waals surface area contributed by atoms with Gasteiger partial charge >= 0.3 is 5.97 Å². The van der Waals surface area contributed by atoms with Crippen LogP contribution in [-0.2, 0) is 0 Å². The summed E-state index contributed by atoms with van der Waals surface area (Å²) in [7, 11) is 0. The molecule has 1 saturated carbocycles. The number of anilines is 1. The van der Waals surface area contributed by atoms with Crippen LogP contribution >= 0.6 is 12.4 Å². The lowest BCUT2D eigenvalue weighted by Gasteiger charge is -2.21. The Labute approximate surface area is 153 Å². The minimum absolute atomic E-state index is 0. The van der Waals surface area contributed by atoms with Crippen LogP contribution in [0.25, 0.3) is 5.52 Å². The third-order valence-electron chi connectivity index (χ3n) is 4.94. The fourth-order valence-corrected chi connectivity index (χ4v) is 3.54. The standard InChI is InChI=1S/C17H17F2N3O3.ClH/c18-12-7-22-14(13(19)15(12)21-4-3-9(20)6-21)10(8-1-2-8)5-11(16(22)23)17(24)25;/h5,7-9H,1-4,6,20H2,(H,24,25);1H. The molecule has 26 heavy (non-hydrogen) atoms. The summed E-state index contributed by atoms with van der Waals surface area (Å²) >= 11 is 0. The highest BCUT2D eigenvalue weighted by Crippen LogP contribution is 2.43. The molecule has 1 saturated heterocycles. The molecular weight excluding hydrogens is 368 g/mol. The molecule has 0 spiro atoms. The molecule has 0 amide bonds. The topological polar surface area (TPSA) is 88.0 Å². The van der Waals surface area contributed by atoms with E-state index in [0.29, 0.717) is 25.1 Å². The molecule has 1 aliphatic carbocycles. The lowest BCUT2D eigenvalue weighted by Crippen LogP contribution is -2.29. The zero-order valence-corrected chi connectivity index (χ0v) is 14.6. The molecular formula is C17H18ClF2N3O3. The summed E-state index contributed by atoms with van der Waals surface area (Å²) in [6.45, 7) is 0.765. The highest BCUT2D eigenvalue weighted by molar-refractivity contribution is 5.88. The van der Waals surface area contributed by atoms with Crippen molar-refractivity contribution in [3.8, 4) is 0 Å². The highest BCUT2D eigenvalue weighted by Gasteiger charge is 2.33. The number of carbonyl (C=O) groups is 1. The van der Waals surface area contributed by atoms with Gasteiger partial charge in [-0.2, -0.15) is 0 Å². The van der Waals surface area contributed by atoms with Gasteiger partial charge in [0.05, 0.1) is 11.7 Å². The molecule has 1 aliphatic heterocycles. The average molecular weight is 386 g/mol. The summed E-state index contributed by atoms with van der Waals surface area (Å²) < 4.78 is 30.6. The average Bonchev–Trinajstić information content (AvgIpc) is 3.30. The fourth-order valence-electron chi connectivity index (χ4n) is 3.54. The van der Waals surface area contributed by atoms with E-state index in [1.165, 1.54) is 6.07 Å². The van der Waals surface area contributed by atoms with E-state index in [2.05, 4.69) is 0 Å². The molecule has 4 rings (SSSR count). The van der Waals surface area contributed by atoms with E-state index < -0.39 is 28.7 Å². The third kappa shape index (κ3) is 2.83. The van der Waals surface area contributed by atoms with Gasteiger partial charge in [0, 0.05) is 19.1 Å². The van der Waals surface area contributed by atoms with Crippen molar-refractivity contribution < 1.29 is 18.7 Å². The molecule has 2 fully saturated rings. The van der Waals surface area contributed by atoms with Gasteiger partial charge in [0.2, 0.25) is 0 Å². The van der Waals surface area contributed by atoms with Crippen LogP contribution in [0.1, 0.15) is 41.1 Å². The van der Waals surface area contributed by atoms with Crippen LogP contribution < -0.4 is 16.2 Å². The predicted molar refractivity (Wildman–Crippen MR) is 94.6 cm³/mol.